The lowest BCUT2D eigenvalue weighted by atomic mass is 10.2. The molecule has 1 aromatic carbocycles. The van der Waals surface area contributed by atoms with E-state index in [1.807, 2.05) is 19.2 Å². The van der Waals surface area contributed by atoms with Crippen LogP contribution in [0, 0.1) is 6.92 Å². The summed E-state index contributed by atoms with van der Waals surface area (Å²) in [5.41, 5.74) is 2.15. The van der Waals surface area contributed by atoms with Crippen molar-refractivity contribution in [2.75, 3.05) is 18.9 Å². The number of hydrogen-bond acceptors (Lipinski definition) is 4. The third-order valence-corrected chi connectivity index (χ3v) is 3.55. The van der Waals surface area contributed by atoms with E-state index >= 15 is 0 Å². The fourth-order valence-electron chi connectivity index (χ4n) is 1.69. The summed E-state index contributed by atoms with van der Waals surface area (Å²) in [6.45, 7) is 2.90. The predicted molar refractivity (Wildman–Crippen MR) is 83.4 cm³/mol. The van der Waals surface area contributed by atoms with Crippen molar-refractivity contribution in [3.05, 3.63) is 23.8 Å². The molecule has 0 radical (unpaired) electrons. The van der Waals surface area contributed by atoms with Crippen molar-refractivity contribution in [1.29, 1.82) is 0 Å². The van der Waals surface area contributed by atoms with E-state index in [1.165, 1.54) is 16.9 Å². The van der Waals surface area contributed by atoms with Gasteiger partial charge in [-0.3, -0.25) is 4.79 Å². The molecule has 6 heteroatoms. The molecule has 0 aliphatic carbocycles. The smallest absolute Gasteiger partial charge is 0.226 e. The molecule has 104 valence electrons. The van der Waals surface area contributed by atoms with E-state index in [1.54, 1.807) is 0 Å². The van der Waals surface area contributed by atoms with Crippen LogP contribution in [0.25, 0.3) is 10.2 Å². The number of thiazole rings is 1. The minimum Gasteiger partial charge on any atom is -0.320 e. The van der Waals surface area contributed by atoms with Crippen LogP contribution >= 0.6 is 23.7 Å². The van der Waals surface area contributed by atoms with Gasteiger partial charge in [0.2, 0.25) is 5.91 Å². The molecule has 1 heterocycles. The van der Waals surface area contributed by atoms with Gasteiger partial charge in [0, 0.05) is 6.42 Å². The summed E-state index contributed by atoms with van der Waals surface area (Å²) in [4.78, 5) is 16.1. The van der Waals surface area contributed by atoms with E-state index in [0.717, 1.165) is 23.2 Å². The van der Waals surface area contributed by atoms with Crippen molar-refractivity contribution in [2.24, 2.45) is 0 Å². The number of rotatable bonds is 5. The van der Waals surface area contributed by atoms with Crippen LogP contribution in [-0.2, 0) is 4.79 Å². The van der Waals surface area contributed by atoms with Crippen LogP contribution in [0.4, 0.5) is 5.13 Å². The molecule has 0 atom stereocenters. The molecule has 4 nitrogen and oxygen atoms in total. The molecule has 0 fully saturated rings. The van der Waals surface area contributed by atoms with E-state index in [2.05, 4.69) is 28.6 Å². The van der Waals surface area contributed by atoms with Crippen LogP contribution in [-0.4, -0.2) is 24.5 Å². The Balaban J connectivity index is 0.00000180. The largest absolute Gasteiger partial charge is 0.320 e. The molecule has 2 N–H and O–H groups in total. The number of benzene rings is 1. The molecule has 2 aromatic rings. The first-order valence-electron chi connectivity index (χ1n) is 6.00. The molecule has 0 spiro atoms. The molecule has 0 saturated heterocycles. The van der Waals surface area contributed by atoms with Crippen LogP contribution in [0.3, 0.4) is 0 Å². The highest BCUT2D eigenvalue weighted by molar-refractivity contribution is 7.22. The van der Waals surface area contributed by atoms with E-state index in [9.17, 15) is 4.79 Å². The first-order valence-corrected chi connectivity index (χ1v) is 6.82. The monoisotopic (exact) mass is 299 g/mol. The Hall–Kier alpha value is -1.17. The lowest BCUT2D eigenvalue weighted by molar-refractivity contribution is -0.116. The Bertz CT molecular complexity index is 556. The third kappa shape index (κ3) is 4.45. The fourth-order valence-corrected chi connectivity index (χ4v) is 2.67. The molecule has 1 amide bonds. The molecule has 2 rings (SSSR count). The van der Waals surface area contributed by atoms with Crippen LogP contribution in [0.5, 0.6) is 0 Å². The van der Waals surface area contributed by atoms with Gasteiger partial charge in [0.15, 0.2) is 5.13 Å². The van der Waals surface area contributed by atoms with Gasteiger partial charge in [0.25, 0.3) is 0 Å². The van der Waals surface area contributed by atoms with Crippen molar-refractivity contribution in [3.63, 3.8) is 0 Å². The van der Waals surface area contributed by atoms with Crippen molar-refractivity contribution in [1.82, 2.24) is 10.3 Å². The van der Waals surface area contributed by atoms with Gasteiger partial charge in [-0.2, -0.15) is 0 Å². The number of anilines is 1. The molecular weight excluding hydrogens is 282 g/mol. The summed E-state index contributed by atoms with van der Waals surface area (Å²) in [7, 11) is 1.88. The number of nitrogens with one attached hydrogen (secondary N) is 2. The number of nitrogens with zero attached hydrogens (tertiary/aromatic N) is 1. The van der Waals surface area contributed by atoms with Crippen molar-refractivity contribution < 1.29 is 4.79 Å². The average molecular weight is 300 g/mol. The second kappa shape index (κ2) is 7.43. The molecular formula is C13H18ClN3OS. The van der Waals surface area contributed by atoms with Crippen LogP contribution < -0.4 is 10.6 Å². The number of amides is 1. The first-order chi connectivity index (χ1) is 8.69. The molecule has 0 aliphatic heterocycles. The van der Waals surface area contributed by atoms with Crippen molar-refractivity contribution >= 4 is 45.0 Å². The molecule has 19 heavy (non-hydrogen) atoms. The van der Waals surface area contributed by atoms with Gasteiger partial charge < -0.3 is 10.6 Å². The molecule has 0 aliphatic rings. The predicted octanol–water partition coefficient (Wildman–Crippen LogP) is 2.96. The zero-order valence-corrected chi connectivity index (χ0v) is 12.7. The van der Waals surface area contributed by atoms with E-state index in [-0.39, 0.29) is 18.3 Å². The lowest BCUT2D eigenvalue weighted by Crippen LogP contribution is -2.15. The number of hydrogen-bond donors (Lipinski definition) is 2. The van der Waals surface area contributed by atoms with E-state index in [0.29, 0.717) is 11.6 Å². The second-order valence-corrected chi connectivity index (χ2v) is 5.28. The summed E-state index contributed by atoms with van der Waals surface area (Å²) in [5.74, 6) is 0.0287. The number of aromatic nitrogens is 1. The highest BCUT2D eigenvalue weighted by atomic mass is 35.5. The molecule has 0 unspecified atom stereocenters. The number of fused-ring (bicyclic) bond motifs is 1. The first kappa shape index (κ1) is 15.9. The van der Waals surface area contributed by atoms with Crippen LogP contribution in [0.2, 0.25) is 0 Å². The third-order valence-electron chi connectivity index (χ3n) is 2.62. The number of carbonyl (C=O) groups is 1. The van der Waals surface area contributed by atoms with Crippen LogP contribution in [0.1, 0.15) is 18.4 Å². The van der Waals surface area contributed by atoms with Crippen molar-refractivity contribution in [3.8, 4) is 0 Å². The summed E-state index contributed by atoms with van der Waals surface area (Å²) >= 11 is 1.52. The van der Waals surface area contributed by atoms with Gasteiger partial charge in [0.1, 0.15) is 0 Å². The minimum atomic E-state index is 0. The molecule has 0 saturated carbocycles. The summed E-state index contributed by atoms with van der Waals surface area (Å²) in [5, 5.41) is 6.56. The highest BCUT2D eigenvalue weighted by Gasteiger charge is 2.07. The Labute approximate surface area is 123 Å². The zero-order valence-electron chi connectivity index (χ0n) is 11.0. The zero-order chi connectivity index (χ0) is 13.0. The Morgan fingerprint density at radius 2 is 2.21 bits per heavy atom. The Morgan fingerprint density at radius 1 is 1.42 bits per heavy atom. The summed E-state index contributed by atoms with van der Waals surface area (Å²) < 4.78 is 1.11. The van der Waals surface area contributed by atoms with Crippen molar-refractivity contribution in [2.45, 2.75) is 19.8 Å². The quantitative estimate of drug-likeness (QED) is 0.835. The maximum Gasteiger partial charge on any atom is 0.226 e. The Morgan fingerprint density at radius 3 is 2.95 bits per heavy atom. The van der Waals surface area contributed by atoms with E-state index < -0.39 is 0 Å². The van der Waals surface area contributed by atoms with Gasteiger partial charge >= 0.3 is 0 Å². The minimum absolute atomic E-state index is 0. The molecule has 1 aromatic heterocycles. The maximum atomic E-state index is 11.7. The molecule has 0 bridgehead atoms. The number of aryl methyl sites for hydroxylation is 1. The van der Waals surface area contributed by atoms with Crippen LogP contribution in [0.15, 0.2) is 18.2 Å². The average Bonchev–Trinajstić information content (AvgIpc) is 2.70. The number of carbonyl (C=O) groups excluding carboxylic acids is 1. The van der Waals surface area contributed by atoms with Gasteiger partial charge in [-0.15, -0.1) is 12.4 Å². The van der Waals surface area contributed by atoms with E-state index in [4.69, 9.17) is 0 Å². The van der Waals surface area contributed by atoms with Gasteiger partial charge in [-0.1, -0.05) is 17.4 Å². The summed E-state index contributed by atoms with van der Waals surface area (Å²) in [6.07, 6.45) is 1.36. The second-order valence-electron chi connectivity index (χ2n) is 4.25. The topological polar surface area (TPSA) is 54.0 Å². The lowest BCUT2D eigenvalue weighted by Gasteiger charge is -2.00. The van der Waals surface area contributed by atoms with Gasteiger partial charge in [-0.05, 0) is 44.6 Å². The highest BCUT2D eigenvalue weighted by Crippen LogP contribution is 2.26. The maximum absolute atomic E-state index is 11.7. The van der Waals surface area contributed by atoms with Gasteiger partial charge in [-0.25, -0.2) is 4.98 Å². The SMILES string of the molecule is CNCCCC(=O)Nc1nc2ccc(C)cc2s1.Cl. The standard InChI is InChI=1S/C13H17N3OS.ClH/c1-9-5-6-10-11(8-9)18-13(15-10)16-12(17)4-3-7-14-2;/h5-6,8,14H,3-4,7H2,1-2H3,(H,15,16,17);1H. The Kier molecular flexibility index (Phi) is 6.21. The van der Waals surface area contributed by atoms with Gasteiger partial charge in [0.05, 0.1) is 10.2 Å². The fraction of sp³-hybridized carbons (Fsp3) is 0.385. The number of halogens is 1. The normalized spacial score (nSPS) is 10.2. The summed E-state index contributed by atoms with van der Waals surface area (Å²) in [6, 6.07) is 6.10.